The molecular weight excluding hydrogens is 442 g/mol. The number of carboxylic acids is 1. The van der Waals surface area contributed by atoms with Crippen LogP contribution in [0.3, 0.4) is 0 Å². The van der Waals surface area contributed by atoms with Crippen molar-refractivity contribution in [1.82, 2.24) is 15.5 Å². The van der Waals surface area contributed by atoms with Crippen LogP contribution in [0, 0.1) is 5.92 Å². The molecule has 0 aromatic heterocycles. The van der Waals surface area contributed by atoms with E-state index in [9.17, 15) is 14.4 Å². The number of aliphatic carboxylic acids is 1. The number of rotatable bonds is 9. The van der Waals surface area contributed by atoms with E-state index in [1.54, 1.807) is 19.9 Å². The third-order valence-electron chi connectivity index (χ3n) is 6.22. The summed E-state index contributed by atoms with van der Waals surface area (Å²) in [6, 6.07) is 6.75. The molecule has 186 valence electrons. The van der Waals surface area contributed by atoms with Gasteiger partial charge in [0.15, 0.2) is 0 Å². The second-order valence-electron chi connectivity index (χ2n) is 9.05. The van der Waals surface area contributed by atoms with Gasteiger partial charge in [0, 0.05) is 24.9 Å². The Morgan fingerprint density at radius 3 is 2.61 bits per heavy atom. The van der Waals surface area contributed by atoms with Crippen molar-refractivity contribution in [2.45, 2.75) is 64.3 Å². The summed E-state index contributed by atoms with van der Waals surface area (Å²) < 4.78 is 5.44. The zero-order chi connectivity index (χ0) is 23.7. The average molecular weight is 482 g/mol. The van der Waals surface area contributed by atoms with Crippen molar-refractivity contribution >= 4 is 31.5 Å². The summed E-state index contributed by atoms with van der Waals surface area (Å²) in [5.74, 6) is -1.28. The maximum Gasteiger partial charge on any atom is 0.412 e. The van der Waals surface area contributed by atoms with E-state index in [1.807, 2.05) is 12.1 Å². The van der Waals surface area contributed by atoms with E-state index in [2.05, 4.69) is 35.6 Å². The number of hydrogen-bond acceptors (Lipinski definition) is 5. The maximum atomic E-state index is 12.2. The van der Waals surface area contributed by atoms with E-state index in [0.717, 1.165) is 25.9 Å². The number of amides is 2. The van der Waals surface area contributed by atoms with Crippen LogP contribution >= 0.6 is 13.5 Å². The molecular formula is C24H39N3O5S. The van der Waals surface area contributed by atoms with Crippen LogP contribution in [0.1, 0.15) is 58.4 Å². The summed E-state index contributed by atoms with van der Waals surface area (Å²) in [5.41, 5.74) is 1.21. The predicted octanol–water partition coefficient (Wildman–Crippen LogP) is 3.27. The fourth-order valence-corrected chi connectivity index (χ4v) is 4.32. The molecule has 0 spiro atoms. The van der Waals surface area contributed by atoms with Crippen LogP contribution in [0.15, 0.2) is 24.3 Å². The lowest BCUT2D eigenvalue weighted by Gasteiger charge is -2.35. The van der Waals surface area contributed by atoms with Gasteiger partial charge in [-0.3, -0.25) is 4.79 Å². The number of likely N-dealkylation sites (N-methyl/N-ethyl adjacent to an activating group) is 1. The Morgan fingerprint density at radius 1 is 1.24 bits per heavy atom. The topological polar surface area (TPSA) is 108 Å². The van der Waals surface area contributed by atoms with Gasteiger partial charge in [0.2, 0.25) is 5.91 Å². The fraction of sp³-hybridized carbons (Fsp3) is 0.625. The Hall–Kier alpha value is -2.26. The van der Waals surface area contributed by atoms with Crippen molar-refractivity contribution in [3.8, 4) is 5.75 Å². The lowest BCUT2D eigenvalue weighted by Crippen LogP contribution is -2.45. The molecule has 1 unspecified atom stereocenters. The van der Waals surface area contributed by atoms with Crippen LogP contribution < -0.4 is 15.4 Å². The van der Waals surface area contributed by atoms with Gasteiger partial charge < -0.3 is 25.4 Å². The highest BCUT2D eigenvalue weighted by molar-refractivity contribution is 7.59. The molecule has 1 fully saturated rings. The van der Waals surface area contributed by atoms with Crippen molar-refractivity contribution in [3.63, 3.8) is 0 Å². The van der Waals surface area contributed by atoms with Gasteiger partial charge in [-0.05, 0) is 56.5 Å². The SMILES string of the molecule is CCC1(c2cccc(OC(=O)NCCC(=O)N[C@H](C(=O)O)C(C)C)c2)CCCCN(C)C1.S. The maximum absolute atomic E-state index is 12.2. The van der Waals surface area contributed by atoms with Gasteiger partial charge in [-0.15, -0.1) is 0 Å². The monoisotopic (exact) mass is 481 g/mol. The number of nitrogens with one attached hydrogen (secondary N) is 2. The minimum atomic E-state index is -1.08. The Balaban J connectivity index is 0.00000544. The van der Waals surface area contributed by atoms with Crippen molar-refractivity contribution in [2.24, 2.45) is 5.92 Å². The molecule has 1 aliphatic rings. The molecule has 2 amide bonds. The zero-order valence-electron chi connectivity index (χ0n) is 20.1. The van der Waals surface area contributed by atoms with E-state index in [1.165, 1.54) is 18.4 Å². The van der Waals surface area contributed by atoms with E-state index < -0.39 is 24.0 Å². The molecule has 2 rings (SSSR count). The molecule has 1 aromatic rings. The third-order valence-corrected chi connectivity index (χ3v) is 6.22. The lowest BCUT2D eigenvalue weighted by atomic mass is 9.74. The normalized spacial score (nSPS) is 19.7. The zero-order valence-corrected chi connectivity index (χ0v) is 21.1. The Labute approximate surface area is 203 Å². The summed E-state index contributed by atoms with van der Waals surface area (Å²) in [6.07, 6.45) is 3.80. The van der Waals surface area contributed by atoms with Crippen LogP contribution in [0.5, 0.6) is 5.75 Å². The summed E-state index contributed by atoms with van der Waals surface area (Å²) >= 11 is 0. The number of carboxylic acid groups (broad SMARTS) is 1. The van der Waals surface area contributed by atoms with Crippen molar-refractivity contribution in [3.05, 3.63) is 29.8 Å². The number of likely N-dealkylation sites (tertiary alicyclic amines) is 1. The first-order valence-corrected chi connectivity index (χ1v) is 11.4. The summed E-state index contributed by atoms with van der Waals surface area (Å²) in [6.45, 7) is 7.77. The molecule has 0 aliphatic carbocycles. The first-order chi connectivity index (χ1) is 15.2. The minimum absolute atomic E-state index is 0. The van der Waals surface area contributed by atoms with Gasteiger partial charge in [-0.1, -0.05) is 39.3 Å². The molecule has 1 aliphatic heterocycles. The number of carbonyl (C=O) groups is 3. The van der Waals surface area contributed by atoms with E-state index in [-0.39, 0.29) is 37.8 Å². The second-order valence-corrected chi connectivity index (χ2v) is 9.05. The lowest BCUT2D eigenvalue weighted by molar-refractivity contribution is -0.143. The number of carbonyl (C=O) groups excluding carboxylic acids is 2. The fourth-order valence-electron chi connectivity index (χ4n) is 4.32. The van der Waals surface area contributed by atoms with Crippen molar-refractivity contribution in [1.29, 1.82) is 0 Å². The minimum Gasteiger partial charge on any atom is -0.480 e. The van der Waals surface area contributed by atoms with Crippen LogP contribution in [-0.2, 0) is 15.0 Å². The van der Waals surface area contributed by atoms with Gasteiger partial charge >= 0.3 is 12.1 Å². The van der Waals surface area contributed by atoms with Crippen LogP contribution in [0.25, 0.3) is 0 Å². The predicted molar refractivity (Wildman–Crippen MR) is 133 cm³/mol. The highest BCUT2D eigenvalue weighted by Crippen LogP contribution is 2.37. The number of benzene rings is 1. The number of ether oxygens (including phenoxy) is 1. The second kappa shape index (κ2) is 13.4. The van der Waals surface area contributed by atoms with Gasteiger partial charge in [-0.25, -0.2) is 9.59 Å². The van der Waals surface area contributed by atoms with Crippen LogP contribution in [-0.4, -0.2) is 60.7 Å². The van der Waals surface area contributed by atoms with Crippen molar-refractivity contribution in [2.75, 3.05) is 26.7 Å². The summed E-state index contributed by atoms with van der Waals surface area (Å²) in [4.78, 5) is 37.7. The number of hydrogen-bond donors (Lipinski definition) is 3. The van der Waals surface area contributed by atoms with Crippen molar-refractivity contribution < 1.29 is 24.2 Å². The molecule has 1 heterocycles. The molecule has 0 saturated carbocycles. The molecule has 33 heavy (non-hydrogen) atoms. The highest BCUT2D eigenvalue weighted by Gasteiger charge is 2.33. The molecule has 1 aromatic carbocycles. The summed E-state index contributed by atoms with van der Waals surface area (Å²) in [5, 5.41) is 14.2. The third kappa shape index (κ3) is 8.55. The Morgan fingerprint density at radius 2 is 1.97 bits per heavy atom. The largest absolute Gasteiger partial charge is 0.480 e. The highest BCUT2D eigenvalue weighted by atomic mass is 32.1. The van der Waals surface area contributed by atoms with Crippen LogP contribution in [0.2, 0.25) is 0 Å². The molecule has 1 saturated heterocycles. The average Bonchev–Trinajstić information content (AvgIpc) is 2.93. The van der Waals surface area contributed by atoms with E-state index in [0.29, 0.717) is 5.75 Å². The molecule has 0 bridgehead atoms. The standard InChI is InChI=1S/C24H37N3O5.H2S/c1-5-24(12-6-7-14-27(4)16-24)18-9-8-10-19(15-18)32-23(31)25-13-11-20(28)26-21(17(2)3)22(29)30;/h8-10,15,17,21H,5-7,11-14,16H2,1-4H3,(H,25,31)(H,26,28)(H,29,30);1H2/t21-,24?;/m0./s1. The van der Waals surface area contributed by atoms with Gasteiger partial charge in [0.25, 0.3) is 0 Å². The smallest absolute Gasteiger partial charge is 0.412 e. The van der Waals surface area contributed by atoms with E-state index in [4.69, 9.17) is 9.84 Å². The number of nitrogens with zero attached hydrogens (tertiary/aromatic N) is 1. The first-order valence-electron chi connectivity index (χ1n) is 11.4. The molecule has 2 atom stereocenters. The Kier molecular flexibility index (Phi) is 11.7. The van der Waals surface area contributed by atoms with E-state index >= 15 is 0 Å². The van der Waals surface area contributed by atoms with Gasteiger partial charge in [0.1, 0.15) is 11.8 Å². The van der Waals surface area contributed by atoms with Crippen LogP contribution in [0.4, 0.5) is 4.79 Å². The quantitative estimate of drug-likeness (QED) is 0.500. The molecule has 0 radical (unpaired) electrons. The molecule has 8 nitrogen and oxygen atoms in total. The van der Waals surface area contributed by atoms with Gasteiger partial charge in [-0.2, -0.15) is 13.5 Å². The first kappa shape index (κ1) is 28.8. The summed E-state index contributed by atoms with van der Waals surface area (Å²) in [7, 11) is 2.15. The molecule has 9 heteroatoms. The molecule has 3 N–H and O–H groups in total. The Bertz CT molecular complexity index is 804. The van der Waals surface area contributed by atoms with Gasteiger partial charge in [0.05, 0.1) is 0 Å².